The van der Waals surface area contributed by atoms with E-state index in [2.05, 4.69) is 32.9 Å². The first-order valence-corrected chi connectivity index (χ1v) is 13.0. The van der Waals surface area contributed by atoms with Gasteiger partial charge in [-0.2, -0.15) is 0 Å². The second-order valence-electron chi connectivity index (χ2n) is 7.68. The van der Waals surface area contributed by atoms with E-state index < -0.39 is 28.5 Å². The lowest BCUT2D eigenvalue weighted by Crippen LogP contribution is -2.36. The van der Waals surface area contributed by atoms with Gasteiger partial charge in [0, 0.05) is 21.4 Å². The highest BCUT2D eigenvalue weighted by Crippen LogP contribution is 2.36. The third-order valence-electron chi connectivity index (χ3n) is 5.01. The van der Waals surface area contributed by atoms with Crippen molar-refractivity contribution in [3.63, 3.8) is 0 Å². The lowest BCUT2D eigenvalue weighted by atomic mass is 10.2. The van der Waals surface area contributed by atoms with Gasteiger partial charge in [-0.1, -0.05) is 6.07 Å². The van der Waals surface area contributed by atoms with Crippen LogP contribution in [-0.2, 0) is 9.59 Å². The molecule has 38 heavy (non-hydrogen) atoms. The summed E-state index contributed by atoms with van der Waals surface area (Å²) in [5.74, 6) is -0.280. The van der Waals surface area contributed by atoms with Gasteiger partial charge < -0.3 is 14.8 Å². The number of nitrogens with zero attached hydrogens (tertiary/aromatic N) is 3. The van der Waals surface area contributed by atoms with E-state index in [1.54, 1.807) is 37.3 Å². The standard InChI is InChI=1S/C25H19IN4O7S/c1-2-36-20-11-15(3-9-19(20)37-23-10-8-18(13-27-23)30(34)35)12-21-24(32)29(25(33)38-21)14-22(31)28-17-6-4-16(26)5-7-17/h3-13H,2,14H2,1H3,(H,28,31)/b21-12-. The van der Waals surface area contributed by atoms with Crippen LogP contribution in [0.2, 0.25) is 0 Å². The minimum Gasteiger partial charge on any atom is -0.490 e. The fourth-order valence-electron chi connectivity index (χ4n) is 3.29. The van der Waals surface area contributed by atoms with E-state index >= 15 is 0 Å². The highest BCUT2D eigenvalue weighted by Gasteiger charge is 2.36. The van der Waals surface area contributed by atoms with Gasteiger partial charge >= 0.3 is 0 Å². The molecule has 0 radical (unpaired) electrons. The third-order valence-corrected chi connectivity index (χ3v) is 6.64. The van der Waals surface area contributed by atoms with Crippen LogP contribution in [0, 0.1) is 13.7 Å². The van der Waals surface area contributed by atoms with Crippen LogP contribution in [0.15, 0.2) is 65.7 Å². The van der Waals surface area contributed by atoms with Crippen molar-refractivity contribution in [2.75, 3.05) is 18.5 Å². The zero-order valence-corrected chi connectivity index (χ0v) is 22.7. The number of imide groups is 1. The lowest BCUT2D eigenvalue weighted by molar-refractivity contribution is -0.385. The fraction of sp³-hybridized carbons (Fsp3) is 0.120. The Morgan fingerprint density at radius 3 is 2.58 bits per heavy atom. The predicted octanol–water partition coefficient (Wildman–Crippen LogP) is 5.46. The van der Waals surface area contributed by atoms with Gasteiger partial charge in [-0.05, 0) is 89.3 Å². The SMILES string of the molecule is CCOc1cc(/C=C2\SC(=O)N(CC(=O)Nc3ccc(I)cc3)C2=O)ccc1Oc1ccc([N+](=O)[O-])cn1. The normalized spacial score (nSPS) is 14.1. The number of halogens is 1. The molecule has 1 fully saturated rings. The second kappa shape index (κ2) is 12.0. The first-order valence-electron chi connectivity index (χ1n) is 11.1. The minimum absolute atomic E-state index is 0.133. The van der Waals surface area contributed by atoms with Crippen molar-refractivity contribution < 1.29 is 28.8 Å². The van der Waals surface area contributed by atoms with Gasteiger partial charge in [-0.25, -0.2) is 4.98 Å². The Kier molecular flexibility index (Phi) is 8.58. The summed E-state index contributed by atoms with van der Waals surface area (Å²) >= 11 is 2.88. The number of carbonyl (C=O) groups excluding carboxylic acids is 3. The Hall–Kier alpha value is -3.98. The molecule has 3 amide bonds. The van der Waals surface area contributed by atoms with Gasteiger partial charge in [0.1, 0.15) is 12.7 Å². The number of anilines is 1. The topological polar surface area (TPSA) is 141 Å². The third kappa shape index (κ3) is 6.66. The Bertz CT molecular complexity index is 1430. The smallest absolute Gasteiger partial charge is 0.294 e. The minimum atomic E-state index is -0.578. The average molecular weight is 646 g/mol. The maximum atomic E-state index is 12.9. The van der Waals surface area contributed by atoms with Crippen molar-refractivity contribution in [1.29, 1.82) is 0 Å². The van der Waals surface area contributed by atoms with E-state index in [9.17, 15) is 24.5 Å². The summed E-state index contributed by atoms with van der Waals surface area (Å²) in [5.41, 5.74) is 0.956. The molecule has 2 heterocycles. The molecule has 1 aromatic heterocycles. The first kappa shape index (κ1) is 27.1. The molecule has 0 saturated carbocycles. The van der Waals surface area contributed by atoms with Gasteiger partial charge in [0.15, 0.2) is 11.5 Å². The number of nitro groups is 1. The zero-order chi connectivity index (χ0) is 27.2. The van der Waals surface area contributed by atoms with Gasteiger partial charge in [0.2, 0.25) is 11.8 Å². The number of rotatable bonds is 9. The summed E-state index contributed by atoms with van der Waals surface area (Å²) in [4.78, 5) is 53.0. The molecule has 1 aliphatic rings. The molecule has 194 valence electrons. The summed E-state index contributed by atoms with van der Waals surface area (Å²) in [6, 6.07) is 14.6. The van der Waals surface area contributed by atoms with Crippen molar-refractivity contribution in [3.05, 3.63) is 84.9 Å². The Labute approximate surface area is 234 Å². The van der Waals surface area contributed by atoms with Crippen LogP contribution in [0.5, 0.6) is 17.4 Å². The molecular formula is C25H19IN4O7S. The molecule has 0 spiro atoms. The molecule has 4 rings (SSSR count). The van der Waals surface area contributed by atoms with Gasteiger partial charge in [-0.15, -0.1) is 0 Å². The van der Waals surface area contributed by atoms with Crippen molar-refractivity contribution in [1.82, 2.24) is 9.88 Å². The number of hydrogen-bond donors (Lipinski definition) is 1. The Morgan fingerprint density at radius 2 is 1.92 bits per heavy atom. The van der Waals surface area contributed by atoms with Crippen LogP contribution in [0.4, 0.5) is 16.2 Å². The highest BCUT2D eigenvalue weighted by molar-refractivity contribution is 14.1. The maximum Gasteiger partial charge on any atom is 0.294 e. The van der Waals surface area contributed by atoms with E-state index in [0.29, 0.717) is 29.4 Å². The van der Waals surface area contributed by atoms with Crippen LogP contribution in [0.3, 0.4) is 0 Å². The first-order chi connectivity index (χ1) is 18.2. The summed E-state index contributed by atoms with van der Waals surface area (Å²) in [7, 11) is 0. The number of benzene rings is 2. The summed E-state index contributed by atoms with van der Waals surface area (Å²) in [6.07, 6.45) is 2.61. The molecule has 2 aromatic carbocycles. The Balaban J connectivity index is 1.47. The van der Waals surface area contributed by atoms with Crippen LogP contribution < -0.4 is 14.8 Å². The predicted molar refractivity (Wildman–Crippen MR) is 149 cm³/mol. The number of thioether (sulfide) groups is 1. The highest BCUT2D eigenvalue weighted by atomic mass is 127. The number of ether oxygens (including phenoxy) is 2. The molecule has 0 atom stereocenters. The van der Waals surface area contributed by atoms with E-state index in [1.165, 1.54) is 18.2 Å². The molecule has 11 nitrogen and oxygen atoms in total. The number of nitrogens with one attached hydrogen (secondary N) is 1. The van der Waals surface area contributed by atoms with Crippen LogP contribution in [0.1, 0.15) is 12.5 Å². The van der Waals surface area contributed by atoms with Gasteiger partial charge in [-0.3, -0.25) is 29.4 Å². The van der Waals surface area contributed by atoms with Crippen LogP contribution >= 0.6 is 34.4 Å². The largest absolute Gasteiger partial charge is 0.490 e. The van der Waals surface area contributed by atoms with Crippen molar-refractivity contribution in [2.24, 2.45) is 0 Å². The summed E-state index contributed by atoms with van der Waals surface area (Å²) in [6.45, 7) is 1.69. The average Bonchev–Trinajstić information content (AvgIpc) is 3.14. The molecule has 0 bridgehead atoms. The second-order valence-corrected chi connectivity index (χ2v) is 9.91. The number of aromatic nitrogens is 1. The fourth-order valence-corrected chi connectivity index (χ4v) is 4.48. The monoisotopic (exact) mass is 646 g/mol. The molecule has 0 aliphatic carbocycles. The van der Waals surface area contributed by atoms with Crippen molar-refractivity contribution in [3.8, 4) is 17.4 Å². The van der Waals surface area contributed by atoms with Crippen molar-refractivity contribution >= 4 is 68.9 Å². The van der Waals surface area contributed by atoms with Gasteiger partial charge in [0.05, 0.1) is 16.4 Å². The number of carbonyl (C=O) groups is 3. The molecule has 1 aliphatic heterocycles. The molecule has 0 unspecified atom stereocenters. The van der Waals surface area contributed by atoms with E-state index in [1.807, 2.05) is 12.1 Å². The van der Waals surface area contributed by atoms with Crippen LogP contribution in [-0.4, -0.2) is 45.0 Å². The van der Waals surface area contributed by atoms with E-state index in [0.717, 1.165) is 26.4 Å². The molecular weight excluding hydrogens is 627 g/mol. The van der Waals surface area contributed by atoms with Crippen LogP contribution in [0.25, 0.3) is 6.08 Å². The lowest BCUT2D eigenvalue weighted by Gasteiger charge is -2.13. The number of amides is 3. The number of hydrogen-bond acceptors (Lipinski definition) is 9. The number of pyridine rings is 1. The Morgan fingerprint density at radius 1 is 1.16 bits per heavy atom. The molecule has 3 aromatic rings. The molecule has 13 heteroatoms. The summed E-state index contributed by atoms with van der Waals surface area (Å²) in [5, 5.41) is 12.9. The van der Waals surface area contributed by atoms with Crippen molar-refractivity contribution in [2.45, 2.75) is 6.92 Å². The maximum absolute atomic E-state index is 12.9. The zero-order valence-electron chi connectivity index (χ0n) is 19.8. The quantitative estimate of drug-likeness (QED) is 0.139. The van der Waals surface area contributed by atoms with Gasteiger partial charge in [0.25, 0.3) is 16.8 Å². The summed E-state index contributed by atoms with van der Waals surface area (Å²) < 4.78 is 12.4. The molecule has 1 saturated heterocycles. The van der Waals surface area contributed by atoms with E-state index in [-0.39, 0.29) is 16.5 Å². The van der Waals surface area contributed by atoms with E-state index in [4.69, 9.17) is 9.47 Å². The molecule has 1 N–H and O–H groups in total.